The molecule has 9 heteroatoms. The topological polar surface area (TPSA) is 129 Å². The predicted molar refractivity (Wildman–Crippen MR) is 54.8 cm³/mol. The minimum absolute atomic E-state index is 0.720. The van der Waals surface area contributed by atoms with Gasteiger partial charge in [-0.2, -0.15) is 0 Å². The molecule has 0 unspecified atom stereocenters. The van der Waals surface area contributed by atoms with Crippen molar-refractivity contribution in [3.05, 3.63) is 0 Å². The number of amidine groups is 1. The Morgan fingerprint density at radius 1 is 1.71 bits per heavy atom. The molecule has 0 aliphatic rings. The molecule has 0 aliphatic carbocycles. The summed E-state index contributed by atoms with van der Waals surface area (Å²) in [6, 6.07) is 0. The molecule has 0 atom stereocenters. The summed E-state index contributed by atoms with van der Waals surface area (Å²) in [6.07, 6.45) is 0. The first-order chi connectivity index (χ1) is 6.35. The first-order valence-corrected chi connectivity index (χ1v) is 5.93. The zero-order chi connectivity index (χ0) is 11.6. The summed E-state index contributed by atoms with van der Waals surface area (Å²) < 4.78 is 32.8. The van der Waals surface area contributed by atoms with Gasteiger partial charge in [-0.15, -0.1) is 0 Å². The predicted octanol–water partition coefficient (Wildman–Crippen LogP) is -3.03. The molecule has 0 heterocycles. The zero-order valence-corrected chi connectivity index (χ0v) is 9.61. The van der Waals surface area contributed by atoms with Crippen LogP contribution < -0.4 is 16.0 Å². The van der Waals surface area contributed by atoms with Gasteiger partial charge in [0.1, 0.15) is 0 Å². The fraction of sp³-hybridized carbons (Fsp3) is 0.800. The van der Waals surface area contributed by atoms with Crippen LogP contribution in [0, 0.1) is 0 Å². The SMILES string of the molecule is CNC(=[NH+]C)SCCN.O=S(=O)([O-])O. The lowest BCUT2D eigenvalue weighted by molar-refractivity contribution is -0.418. The number of thioether (sulfide) groups is 1. The Hall–Kier alpha value is -0.350. The number of nitrogens with two attached hydrogens (primary N) is 1. The third-order valence-electron chi connectivity index (χ3n) is 0.818. The number of rotatable bonds is 2. The smallest absolute Gasteiger partial charge is 0.303 e. The second-order valence-electron chi connectivity index (χ2n) is 1.89. The highest BCUT2D eigenvalue weighted by Crippen LogP contribution is 1.92. The van der Waals surface area contributed by atoms with E-state index in [0.29, 0.717) is 0 Å². The summed E-state index contributed by atoms with van der Waals surface area (Å²) in [6.45, 7) is 0.720. The van der Waals surface area contributed by atoms with Gasteiger partial charge in [0, 0.05) is 12.3 Å². The number of hydrogen-bond acceptors (Lipinski definition) is 5. The third kappa shape index (κ3) is 22.6. The van der Waals surface area contributed by atoms with E-state index in [4.69, 9.17) is 23.3 Å². The highest BCUT2D eigenvalue weighted by molar-refractivity contribution is 8.13. The van der Waals surface area contributed by atoms with Gasteiger partial charge in [-0.1, -0.05) is 0 Å². The molecule has 0 radical (unpaired) electrons. The van der Waals surface area contributed by atoms with Crippen LogP contribution in [-0.4, -0.2) is 49.1 Å². The van der Waals surface area contributed by atoms with Gasteiger partial charge in [0.25, 0.3) is 0 Å². The molecule has 0 fully saturated rings. The van der Waals surface area contributed by atoms with E-state index in [1.54, 1.807) is 11.8 Å². The lowest BCUT2D eigenvalue weighted by Crippen LogP contribution is -2.70. The fourth-order valence-electron chi connectivity index (χ4n) is 0.430. The molecule has 86 valence electrons. The van der Waals surface area contributed by atoms with Crippen LogP contribution in [0.3, 0.4) is 0 Å². The monoisotopic (exact) mass is 245 g/mol. The summed E-state index contributed by atoms with van der Waals surface area (Å²) in [5.74, 6) is 0.955. The molecule has 0 spiro atoms. The van der Waals surface area contributed by atoms with Crippen LogP contribution in [0.1, 0.15) is 0 Å². The number of nitrogens with one attached hydrogen (secondary N) is 2. The molecule has 0 rings (SSSR count). The average molecular weight is 245 g/mol. The van der Waals surface area contributed by atoms with Crippen molar-refractivity contribution in [3.8, 4) is 0 Å². The maximum atomic E-state index is 8.63. The van der Waals surface area contributed by atoms with Crippen LogP contribution in [0.15, 0.2) is 0 Å². The van der Waals surface area contributed by atoms with E-state index in [-0.39, 0.29) is 0 Å². The van der Waals surface area contributed by atoms with Gasteiger partial charge in [-0.25, -0.2) is 8.42 Å². The zero-order valence-electron chi connectivity index (χ0n) is 7.98. The Balaban J connectivity index is 0. The van der Waals surface area contributed by atoms with E-state index in [0.717, 1.165) is 17.5 Å². The molecule has 0 saturated carbocycles. The molecule has 0 aromatic carbocycles. The number of hydrogen-bond donors (Lipinski definition) is 4. The third-order valence-corrected chi connectivity index (χ3v) is 1.96. The molecular weight excluding hydrogens is 230 g/mol. The minimum atomic E-state index is -4.92. The Bertz CT molecular complexity index is 244. The highest BCUT2D eigenvalue weighted by atomic mass is 32.3. The van der Waals surface area contributed by atoms with Gasteiger partial charge < -0.3 is 10.3 Å². The van der Waals surface area contributed by atoms with E-state index >= 15 is 0 Å². The molecule has 0 aromatic rings. The van der Waals surface area contributed by atoms with Crippen molar-refractivity contribution in [3.63, 3.8) is 0 Å². The van der Waals surface area contributed by atoms with Crippen LogP contribution >= 0.6 is 11.8 Å². The molecule has 0 amide bonds. The Labute approximate surface area is 87.7 Å². The molecule has 0 aliphatic heterocycles. The summed E-state index contributed by atoms with van der Waals surface area (Å²) in [7, 11) is -1.15. The maximum Gasteiger partial charge on any atom is 0.303 e. The van der Waals surface area contributed by atoms with Crippen molar-refractivity contribution in [2.24, 2.45) is 5.73 Å². The molecule has 7 nitrogen and oxygen atoms in total. The van der Waals surface area contributed by atoms with Gasteiger partial charge in [0.15, 0.2) is 0 Å². The van der Waals surface area contributed by atoms with E-state index in [1.165, 1.54) is 0 Å². The van der Waals surface area contributed by atoms with Crippen molar-refractivity contribution in [2.45, 2.75) is 0 Å². The van der Waals surface area contributed by atoms with Crippen LogP contribution in [-0.2, 0) is 10.4 Å². The fourth-order valence-corrected chi connectivity index (χ4v) is 1.04. The normalized spacial score (nSPS) is 11.6. The Morgan fingerprint density at radius 3 is 2.36 bits per heavy atom. The van der Waals surface area contributed by atoms with Crippen molar-refractivity contribution in [1.29, 1.82) is 0 Å². The molecule has 14 heavy (non-hydrogen) atoms. The van der Waals surface area contributed by atoms with Crippen molar-refractivity contribution < 1.29 is 22.5 Å². The average Bonchev–Trinajstić information content (AvgIpc) is 2.04. The Morgan fingerprint density at radius 2 is 2.14 bits per heavy atom. The first kappa shape index (κ1) is 16.1. The van der Waals surface area contributed by atoms with Crippen molar-refractivity contribution in [1.82, 2.24) is 5.32 Å². The molecule has 0 aromatic heterocycles. The first-order valence-electron chi connectivity index (χ1n) is 3.58. The quantitative estimate of drug-likeness (QED) is 0.176. The van der Waals surface area contributed by atoms with Gasteiger partial charge in [0.05, 0.1) is 14.1 Å². The molecular formula is C5H15N3O4S2. The van der Waals surface area contributed by atoms with E-state index < -0.39 is 10.4 Å². The summed E-state index contributed by atoms with van der Waals surface area (Å²) in [5.41, 5.74) is 5.30. The van der Waals surface area contributed by atoms with Gasteiger partial charge in [0.2, 0.25) is 10.4 Å². The standard InChI is InChI=1S/C5H13N3S.H2O4S/c1-7-5(8-2)9-4-3-6;1-5(2,3)4/h3-4,6H2,1-2H3,(H,7,8);(H2,1,2,3,4). The van der Waals surface area contributed by atoms with E-state index in [9.17, 15) is 0 Å². The van der Waals surface area contributed by atoms with Gasteiger partial charge in [-0.05, 0) is 11.8 Å². The Kier molecular flexibility index (Phi) is 10.6. The van der Waals surface area contributed by atoms with Crippen LogP contribution in [0.25, 0.3) is 0 Å². The van der Waals surface area contributed by atoms with Gasteiger partial charge >= 0.3 is 5.17 Å². The summed E-state index contributed by atoms with van der Waals surface area (Å²) in [5, 5.41) is 4.07. The van der Waals surface area contributed by atoms with E-state index in [1.807, 2.05) is 14.1 Å². The van der Waals surface area contributed by atoms with Crippen molar-refractivity contribution in [2.75, 3.05) is 26.4 Å². The second-order valence-corrected chi connectivity index (χ2v) is 3.85. The molecule has 5 N–H and O–H groups in total. The maximum absolute atomic E-state index is 8.63. The lowest BCUT2D eigenvalue weighted by atomic mass is 10.8. The summed E-state index contributed by atoms with van der Waals surface area (Å²) >= 11 is 1.69. The summed E-state index contributed by atoms with van der Waals surface area (Å²) in [4.78, 5) is 3.00. The van der Waals surface area contributed by atoms with E-state index in [2.05, 4.69) is 10.3 Å². The van der Waals surface area contributed by atoms with Crippen molar-refractivity contribution >= 4 is 27.3 Å². The second kappa shape index (κ2) is 9.21. The molecule has 0 bridgehead atoms. The molecule has 0 saturated heterocycles. The highest BCUT2D eigenvalue weighted by Gasteiger charge is 1.98. The van der Waals surface area contributed by atoms with Crippen LogP contribution in [0.2, 0.25) is 0 Å². The largest absolute Gasteiger partial charge is 0.726 e. The minimum Gasteiger partial charge on any atom is -0.726 e. The lowest BCUT2D eigenvalue weighted by Gasteiger charge is -1.93. The van der Waals surface area contributed by atoms with Gasteiger partial charge in [-0.3, -0.25) is 14.9 Å². The van der Waals surface area contributed by atoms with Crippen LogP contribution in [0.4, 0.5) is 0 Å². The van der Waals surface area contributed by atoms with Crippen LogP contribution in [0.5, 0.6) is 0 Å².